The topological polar surface area (TPSA) is 188 Å². The average Bonchev–Trinajstić information content (AvgIpc) is 3.23. The summed E-state index contributed by atoms with van der Waals surface area (Å²) in [5, 5.41) is 6.13. The number of halogens is 2. The van der Waals surface area contributed by atoms with Crippen molar-refractivity contribution in [3.8, 4) is 0 Å². The third-order valence-electron chi connectivity index (χ3n) is 8.97. The van der Waals surface area contributed by atoms with Gasteiger partial charge in [0.1, 0.15) is 0 Å². The minimum atomic E-state index is -4.66. The van der Waals surface area contributed by atoms with Crippen molar-refractivity contribution in [2.24, 2.45) is 0 Å². The fourth-order valence-electron chi connectivity index (χ4n) is 6.14. The molecule has 0 aliphatic carbocycles. The number of hydrogen-bond acceptors (Lipinski definition) is 8. The van der Waals surface area contributed by atoms with Crippen molar-refractivity contribution >= 4 is 58.7 Å². The molecule has 0 heterocycles. The summed E-state index contributed by atoms with van der Waals surface area (Å²) in [6.45, 7) is 7.67. The van der Waals surface area contributed by atoms with Gasteiger partial charge in [0.15, 0.2) is 0 Å². The summed E-state index contributed by atoms with van der Waals surface area (Å²) in [4.78, 5) is 0. The molecule has 2 N–H and O–H groups in total. The molecular weight excluding hydrogens is 1250 g/mol. The van der Waals surface area contributed by atoms with Crippen molar-refractivity contribution < 1.29 is 107 Å². The van der Waals surface area contributed by atoms with Crippen molar-refractivity contribution in [3.63, 3.8) is 0 Å². The Kier molecular flexibility index (Phi) is 21.2. The van der Waals surface area contributed by atoms with Crippen LogP contribution in [0.5, 0.6) is 0 Å². The normalized spacial score (nSPS) is 12.6. The molecule has 0 saturated heterocycles. The largest absolute Gasteiger partial charge is 0.0622 e. The van der Waals surface area contributed by atoms with Crippen LogP contribution in [0, 0.1) is 47.1 Å². The molecule has 0 atom stereocenters. The SMILES string of the molecule is O.[Au].[Au].[CH2-]P([CH2-])(O[Cl+3]([O-])([O-])[O-])(c1ccccc1)c1ccccc1.[CH2-]P([CH2-])(O[Cl+3]([O-])([O-])[O-])(c1ccccc1)c1ccccc1.c1ccc(P(c2ccccc2)c2ccccc2)cc1. The summed E-state index contributed by atoms with van der Waals surface area (Å²) in [5.74, 6) is 0. The average molecular weight is 1300 g/mol. The maximum absolute atomic E-state index is 11.1. The molecule has 0 unspecified atom stereocenters. The zero-order chi connectivity index (χ0) is 42.7. The molecule has 0 amide bonds. The Balaban J connectivity index is 0.000000313. The maximum Gasteiger partial charge on any atom is -0.0134 e. The summed E-state index contributed by atoms with van der Waals surface area (Å²) in [5.41, 5.74) is 0. The molecule has 0 bridgehead atoms. The van der Waals surface area contributed by atoms with Gasteiger partial charge in [0, 0.05) is 44.8 Å². The van der Waals surface area contributed by atoms with Crippen LogP contribution in [-0.4, -0.2) is 5.48 Å². The van der Waals surface area contributed by atoms with E-state index < -0.39 is 42.1 Å². The Bertz CT molecular complexity index is 2040. The molecule has 62 heavy (non-hydrogen) atoms. The van der Waals surface area contributed by atoms with Crippen molar-refractivity contribution in [2.45, 2.75) is 0 Å². The number of benzene rings is 7. The zero-order valence-electron chi connectivity index (χ0n) is 33.0. The van der Waals surface area contributed by atoms with E-state index in [0.29, 0.717) is 21.2 Å². The second-order valence-corrected chi connectivity index (χ2v) is 25.9. The minimum Gasteiger partial charge on any atom is -0.0622 e. The second kappa shape index (κ2) is 23.6. The molecule has 7 aromatic carbocycles. The third kappa shape index (κ3) is 14.8. The third-order valence-corrected chi connectivity index (χ3v) is 21.4. The van der Waals surface area contributed by atoms with Gasteiger partial charge < -0.3 is 5.48 Å². The van der Waals surface area contributed by atoms with Crippen molar-refractivity contribution in [2.75, 3.05) is 0 Å². The van der Waals surface area contributed by atoms with Crippen molar-refractivity contribution in [1.82, 2.24) is 0 Å². The quantitative estimate of drug-likeness (QED) is 0.107. The number of rotatable bonds is 11. The molecule has 0 aliphatic rings. The standard InChI is InChI=1S/C18H15P.2C14H14ClO4P.2Au.H2O/c1-4-10-16(11-5-1)19(17-12-6-2-7-13-17)18-14-8-3-9-15-18;2*1-20(2,19-15(16,17)18,13-9-5-3-6-10-13)14-11-7-4-8-12-14;;;/h1-15H;2*3-12H,1-2H2;;;1H2/q;2*-2;;;. The Hall–Kier alpha value is -2.47. The Morgan fingerprint density at radius 1 is 0.323 bits per heavy atom. The smallest absolute Gasteiger partial charge is 0.0134 e. The zero-order valence-corrected chi connectivity index (χ0v) is 41.5. The van der Waals surface area contributed by atoms with E-state index in [1.807, 2.05) is 0 Å². The first-order valence-electron chi connectivity index (χ1n) is 17.8. The van der Waals surface area contributed by atoms with Gasteiger partial charge in [-0.25, -0.2) is 0 Å². The molecular formula is C46H45Au2Cl2O9P3-4. The summed E-state index contributed by atoms with van der Waals surface area (Å²) in [7, 11) is -9.76. The molecule has 0 spiro atoms. The first-order chi connectivity index (χ1) is 27.9. The fraction of sp³-hybridized carbons (Fsp3) is 0. The Morgan fingerprint density at radius 2 is 0.484 bits per heavy atom. The van der Waals surface area contributed by atoms with Gasteiger partial charge in [-0.1, -0.05) is 91.0 Å². The maximum atomic E-state index is 11.1. The van der Waals surface area contributed by atoms with Crippen LogP contribution in [-0.2, 0) is 52.9 Å². The van der Waals surface area contributed by atoms with Gasteiger partial charge in [0.05, 0.1) is 0 Å². The van der Waals surface area contributed by atoms with Crippen LogP contribution in [0.25, 0.3) is 0 Å². The van der Waals surface area contributed by atoms with E-state index in [1.54, 1.807) is 121 Å². The van der Waals surface area contributed by atoms with Crippen molar-refractivity contribution in [3.05, 3.63) is 239 Å². The van der Waals surface area contributed by atoms with E-state index >= 15 is 0 Å². The van der Waals surface area contributed by atoms with E-state index in [2.05, 4.69) is 118 Å². The van der Waals surface area contributed by atoms with Gasteiger partial charge >= 0.3 is 239 Å². The predicted octanol–water partition coefficient (Wildman–Crippen LogP) is 1.82. The van der Waals surface area contributed by atoms with Crippen LogP contribution in [0.1, 0.15) is 0 Å². The fourth-order valence-corrected chi connectivity index (χ4v) is 17.0. The summed E-state index contributed by atoms with van der Waals surface area (Å²) in [6, 6.07) is 66.4. The van der Waals surface area contributed by atoms with E-state index in [0.717, 1.165) is 0 Å². The van der Waals surface area contributed by atoms with Crippen LogP contribution in [0.3, 0.4) is 0 Å². The summed E-state index contributed by atoms with van der Waals surface area (Å²) in [6.07, 6.45) is 0. The van der Waals surface area contributed by atoms with Crippen LogP contribution in [0.2, 0.25) is 0 Å². The summed E-state index contributed by atoms with van der Waals surface area (Å²) < 4.78 is 76.6. The number of hydrogen-bond donors (Lipinski definition) is 0. The van der Waals surface area contributed by atoms with Crippen LogP contribution in [0.4, 0.5) is 0 Å². The van der Waals surface area contributed by atoms with Gasteiger partial charge in [0.2, 0.25) is 0 Å². The van der Waals surface area contributed by atoms with E-state index in [4.69, 9.17) is 8.15 Å². The molecule has 0 aliphatic heterocycles. The molecule has 7 aromatic rings. The molecule has 0 fully saturated rings. The molecule has 338 valence electrons. The molecule has 2 radical (unpaired) electrons. The van der Waals surface area contributed by atoms with E-state index in [-0.39, 0.29) is 50.2 Å². The van der Waals surface area contributed by atoms with E-state index in [1.165, 1.54) is 15.9 Å². The summed E-state index contributed by atoms with van der Waals surface area (Å²) >= 11 is 0. The first kappa shape index (κ1) is 55.7. The van der Waals surface area contributed by atoms with Gasteiger partial charge in [0.25, 0.3) is 0 Å². The first-order valence-corrected chi connectivity index (χ1v) is 26.7. The minimum absolute atomic E-state index is 0. The van der Waals surface area contributed by atoms with Gasteiger partial charge in [-0.3, -0.25) is 0 Å². The molecule has 0 aromatic heterocycles. The van der Waals surface area contributed by atoms with Gasteiger partial charge in [-0.05, 0) is 23.8 Å². The van der Waals surface area contributed by atoms with Crippen LogP contribution >= 0.6 is 21.6 Å². The van der Waals surface area contributed by atoms with Gasteiger partial charge in [-0.2, -0.15) is 0 Å². The Labute approximate surface area is 401 Å². The van der Waals surface area contributed by atoms with E-state index in [9.17, 15) is 28.0 Å². The van der Waals surface area contributed by atoms with Crippen LogP contribution in [0.15, 0.2) is 212 Å². The van der Waals surface area contributed by atoms with Gasteiger partial charge in [-0.15, -0.1) is 0 Å². The van der Waals surface area contributed by atoms with Crippen molar-refractivity contribution in [1.29, 1.82) is 0 Å². The molecule has 7 rings (SSSR count). The Morgan fingerprint density at radius 3 is 0.645 bits per heavy atom. The van der Waals surface area contributed by atoms with Crippen LogP contribution < -0.4 is 65.1 Å². The second-order valence-electron chi connectivity index (χ2n) is 13.4. The molecule has 0 saturated carbocycles. The molecule has 9 nitrogen and oxygen atoms in total. The predicted molar refractivity (Wildman–Crippen MR) is 231 cm³/mol. The molecule has 16 heteroatoms. The monoisotopic (exact) mass is 1300 g/mol.